The van der Waals surface area contributed by atoms with Gasteiger partial charge in [0.2, 0.25) is 0 Å². The first-order valence-corrected chi connectivity index (χ1v) is 6.39. The van der Waals surface area contributed by atoms with E-state index in [9.17, 15) is 0 Å². The van der Waals surface area contributed by atoms with Crippen molar-refractivity contribution < 1.29 is 4.74 Å². The minimum atomic E-state index is 0.216. The fourth-order valence-electron chi connectivity index (χ4n) is 2.30. The SMILES string of the molecule is CC(NC1CCOC(C(C)C)C1)c1ncn[nH]1. The van der Waals surface area contributed by atoms with Crippen LogP contribution in [0.25, 0.3) is 0 Å². The van der Waals surface area contributed by atoms with Crippen LogP contribution in [-0.2, 0) is 4.74 Å². The Hall–Kier alpha value is -0.940. The summed E-state index contributed by atoms with van der Waals surface area (Å²) in [4.78, 5) is 4.18. The van der Waals surface area contributed by atoms with Crippen LogP contribution in [0.15, 0.2) is 6.33 Å². The molecule has 17 heavy (non-hydrogen) atoms. The maximum Gasteiger partial charge on any atom is 0.141 e. The van der Waals surface area contributed by atoms with Crippen LogP contribution in [0, 0.1) is 5.92 Å². The third kappa shape index (κ3) is 3.26. The number of nitrogens with zero attached hydrogens (tertiary/aromatic N) is 2. The average Bonchev–Trinajstić information content (AvgIpc) is 2.82. The Labute approximate surface area is 102 Å². The Morgan fingerprint density at radius 3 is 2.94 bits per heavy atom. The van der Waals surface area contributed by atoms with Crippen LogP contribution in [-0.4, -0.2) is 33.9 Å². The Balaban J connectivity index is 1.86. The highest BCUT2D eigenvalue weighted by atomic mass is 16.5. The molecule has 3 atom stereocenters. The zero-order valence-corrected chi connectivity index (χ0v) is 10.8. The van der Waals surface area contributed by atoms with Crippen LogP contribution in [0.3, 0.4) is 0 Å². The molecule has 0 aromatic carbocycles. The van der Waals surface area contributed by atoms with Gasteiger partial charge in [0.1, 0.15) is 12.2 Å². The lowest BCUT2D eigenvalue weighted by molar-refractivity contribution is -0.0258. The van der Waals surface area contributed by atoms with Crippen LogP contribution in [0.1, 0.15) is 45.5 Å². The molecule has 0 aliphatic carbocycles. The van der Waals surface area contributed by atoms with Crippen LogP contribution in [0.4, 0.5) is 0 Å². The number of hydrogen-bond donors (Lipinski definition) is 2. The van der Waals surface area contributed by atoms with Crippen molar-refractivity contribution in [3.63, 3.8) is 0 Å². The fraction of sp³-hybridized carbons (Fsp3) is 0.833. The van der Waals surface area contributed by atoms with Gasteiger partial charge >= 0.3 is 0 Å². The number of H-pyrrole nitrogens is 1. The van der Waals surface area contributed by atoms with Crippen LogP contribution >= 0.6 is 0 Å². The molecule has 1 fully saturated rings. The van der Waals surface area contributed by atoms with Crippen molar-refractivity contribution in [3.8, 4) is 0 Å². The van der Waals surface area contributed by atoms with Crippen molar-refractivity contribution in [2.75, 3.05) is 6.61 Å². The van der Waals surface area contributed by atoms with Crippen molar-refractivity contribution in [1.82, 2.24) is 20.5 Å². The van der Waals surface area contributed by atoms with Gasteiger partial charge in [0, 0.05) is 12.6 Å². The standard InChI is InChI=1S/C12H22N4O/c1-8(2)11-6-10(4-5-17-11)15-9(3)12-13-7-14-16-12/h7-11,15H,4-6H2,1-3H3,(H,13,14,16). The summed E-state index contributed by atoms with van der Waals surface area (Å²) in [5.41, 5.74) is 0. The van der Waals surface area contributed by atoms with E-state index in [1.54, 1.807) is 6.33 Å². The molecule has 0 radical (unpaired) electrons. The summed E-state index contributed by atoms with van der Waals surface area (Å²) in [6, 6.07) is 0.727. The number of nitrogens with one attached hydrogen (secondary N) is 2. The number of ether oxygens (including phenoxy) is 1. The first-order valence-electron chi connectivity index (χ1n) is 6.39. The van der Waals surface area contributed by atoms with Crippen molar-refractivity contribution in [1.29, 1.82) is 0 Å². The molecular weight excluding hydrogens is 216 g/mol. The molecule has 1 aliphatic rings. The van der Waals surface area contributed by atoms with Gasteiger partial charge in [-0.3, -0.25) is 5.10 Å². The zero-order chi connectivity index (χ0) is 12.3. The number of aromatic amines is 1. The van der Waals surface area contributed by atoms with Gasteiger partial charge in [-0.1, -0.05) is 13.8 Å². The molecule has 2 N–H and O–H groups in total. The molecule has 1 aromatic heterocycles. The van der Waals surface area contributed by atoms with Gasteiger partial charge < -0.3 is 10.1 Å². The second kappa shape index (κ2) is 5.60. The fourth-order valence-corrected chi connectivity index (χ4v) is 2.30. The minimum Gasteiger partial charge on any atom is -0.378 e. The largest absolute Gasteiger partial charge is 0.378 e. The van der Waals surface area contributed by atoms with E-state index in [0.717, 1.165) is 25.3 Å². The lowest BCUT2D eigenvalue weighted by atomic mass is 9.95. The highest BCUT2D eigenvalue weighted by molar-refractivity contribution is 4.91. The molecule has 1 aliphatic heterocycles. The second-order valence-electron chi connectivity index (χ2n) is 5.13. The summed E-state index contributed by atoms with van der Waals surface area (Å²) < 4.78 is 5.77. The van der Waals surface area contributed by atoms with Crippen LogP contribution < -0.4 is 5.32 Å². The van der Waals surface area contributed by atoms with Crippen LogP contribution in [0.2, 0.25) is 0 Å². The molecule has 2 heterocycles. The van der Waals surface area contributed by atoms with Crippen LogP contribution in [0.5, 0.6) is 0 Å². The zero-order valence-electron chi connectivity index (χ0n) is 10.8. The highest BCUT2D eigenvalue weighted by Gasteiger charge is 2.26. The van der Waals surface area contributed by atoms with E-state index in [0.29, 0.717) is 18.1 Å². The highest BCUT2D eigenvalue weighted by Crippen LogP contribution is 2.21. The molecule has 2 rings (SSSR count). The Morgan fingerprint density at radius 1 is 1.47 bits per heavy atom. The molecule has 0 amide bonds. The Bertz CT molecular complexity index is 325. The average molecular weight is 238 g/mol. The molecule has 0 bridgehead atoms. The normalized spacial score (nSPS) is 27.3. The molecule has 5 heteroatoms. The Morgan fingerprint density at radius 2 is 2.29 bits per heavy atom. The minimum absolute atomic E-state index is 0.216. The van der Waals surface area contributed by atoms with Crippen molar-refractivity contribution in [2.24, 2.45) is 5.92 Å². The van der Waals surface area contributed by atoms with Crippen molar-refractivity contribution in [3.05, 3.63) is 12.2 Å². The van der Waals surface area contributed by atoms with Crippen molar-refractivity contribution in [2.45, 2.75) is 51.8 Å². The predicted octanol–water partition coefficient (Wildman–Crippen LogP) is 1.66. The molecule has 3 unspecified atom stereocenters. The van der Waals surface area contributed by atoms with Gasteiger partial charge in [0.25, 0.3) is 0 Å². The van der Waals surface area contributed by atoms with Gasteiger partial charge in [0.05, 0.1) is 12.1 Å². The van der Waals surface area contributed by atoms with E-state index >= 15 is 0 Å². The summed E-state index contributed by atoms with van der Waals surface area (Å²) in [6.07, 6.45) is 4.08. The first-order chi connectivity index (χ1) is 8.16. The molecule has 1 saturated heterocycles. The van der Waals surface area contributed by atoms with Gasteiger partial charge in [-0.05, 0) is 25.7 Å². The monoisotopic (exact) mass is 238 g/mol. The third-order valence-electron chi connectivity index (χ3n) is 3.39. The predicted molar refractivity (Wildman–Crippen MR) is 65.5 cm³/mol. The summed E-state index contributed by atoms with van der Waals surface area (Å²) >= 11 is 0. The van der Waals surface area contributed by atoms with E-state index in [1.165, 1.54) is 0 Å². The maximum absolute atomic E-state index is 5.77. The molecule has 0 saturated carbocycles. The van der Waals surface area contributed by atoms with E-state index < -0.39 is 0 Å². The first kappa shape index (κ1) is 12.5. The number of aromatic nitrogens is 3. The molecule has 1 aromatic rings. The maximum atomic E-state index is 5.77. The van der Waals surface area contributed by atoms with Gasteiger partial charge in [0.15, 0.2) is 0 Å². The van der Waals surface area contributed by atoms with E-state index in [2.05, 4.69) is 41.3 Å². The number of hydrogen-bond acceptors (Lipinski definition) is 4. The lowest BCUT2D eigenvalue weighted by Crippen LogP contribution is -2.42. The Kier molecular flexibility index (Phi) is 4.12. The van der Waals surface area contributed by atoms with E-state index in [-0.39, 0.29) is 6.04 Å². The lowest BCUT2D eigenvalue weighted by Gasteiger charge is -2.33. The third-order valence-corrected chi connectivity index (χ3v) is 3.39. The van der Waals surface area contributed by atoms with Gasteiger partial charge in [-0.25, -0.2) is 4.98 Å². The molecule has 5 nitrogen and oxygen atoms in total. The summed E-state index contributed by atoms with van der Waals surface area (Å²) in [6.45, 7) is 7.39. The summed E-state index contributed by atoms with van der Waals surface area (Å²) in [5.74, 6) is 1.48. The second-order valence-corrected chi connectivity index (χ2v) is 5.13. The molecule has 0 spiro atoms. The molecular formula is C12H22N4O. The van der Waals surface area contributed by atoms with E-state index in [1.807, 2.05) is 0 Å². The summed E-state index contributed by atoms with van der Waals surface area (Å²) in [7, 11) is 0. The quantitative estimate of drug-likeness (QED) is 0.837. The number of rotatable bonds is 4. The molecule has 96 valence electrons. The van der Waals surface area contributed by atoms with Gasteiger partial charge in [-0.15, -0.1) is 0 Å². The topological polar surface area (TPSA) is 62.8 Å². The van der Waals surface area contributed by atoms with Crippen molar-refractivity contribution >= 4 is 0 Å². The van der Waals surface area contributed by atoms with Gasteiger partial charge in [-0.2, -0.15) is 5.10 Å². The smallest absolute Gasteiger partial charge is 0.141 e. The summed E-state index contributed by atoms with van der Waals surface area (Å²) in [5, 5.41) is 10.4. The van der Waals surface area contributed by atoms with E-state index in [4.69, 9.17) is 4.74 Å².